The van der Waals surface area contributed by atoms with E-state index in [0.29, 0.717) is 12.0 Å². The highest BCUT2D eigenvalue weighted by Crippen LogP contribution is 2.33. The summed E-state index contributed by atoms with van der Waals surface area (Å²) in [6.45, 7) is 7.47. The van der Waals surface area contributed by atoms with E-state index in [0.717, 1.165) is 36.6 Å². The van der Waals surface area contributed by atoms with Crippen molar-refractivity contribution in [2.24, 2.45) is 0 Å². The number of rotatable bonds is 4. The van der Waals surface area contributed by atoms with Crippen molar-refractivity contribution in [2.75, 3.05) is 16.8 Å². The van der Waals surface area contributed by atoms with Crippen molar-refractivity contribution in [3.8, 4) is 0 Å². The standard InChI is InChI=1S/C23H26N4.ClH/c1-4-19-15-22(26-23(24-19)25-21-12-8-5-9-16(21)2)27-14-13-18-10-6-7-11-20(18)17(27)3;/h5-12,15,17H,4,13-14H2,1-3H3,(H,24,25,26);1H. The zero-order chi connectivity index (χ0) is 18.8. The molecule has 1 aliphatic heterocycles. The van der Waals surface area contributed by atoms with Gasteiger partial charge in [-0.15, -0.1) is 12.4 Å². The van der Waals surface area contributed by atoms with Gasteiger partial charge in [0, 0.05) is 24.0 Å². The number of hydrogen-bond donors (Lipinski definition) is 1. The fourth-order valence-electron chi connectivity index (χ4n) is 3.79. The zero-order valence-electron chi connectivity index (χ0n) is 16.6. The Hall–Kier alpha value is -2.59. The molecule has 0 fully saturated rings. The zero-order valence-corrected chi connectivity index (χ0v) is 17.5. The predicted molar refractivity (Wildman–Crippen MR) is 119 cm³/mol. The average molecular weight is 395 g/mol. The van der Waals surface area contributed by atoms with E-state index in [4.69, 9.17) is 9.97 Å². The van der Waals surface area contributed by atoms with E-state index in [2.05, 4.69) is 73.5 Å². The number of nitrogens with zero attached hydrogens (tertiary/aromatic N) is 3. The van der Waals surface area contributed by atoms with Crippen LogP contribution < -0.4 is 10.2 Å². The van der Waals surface area contributed by atoms with E-state index < -0.39 is 0 Å². The van der Waals surface area contributed by atoms with Crippen molar-refractivity contribution in [3.05, 3.63) is 77.0 Å². The van der Waals surface area contributed by atoms with Gasteiger partial charge in [-0.1, -0.05) is 49.4 Å². The fraction of sp³-hybridized carbons (Fsp3) is 0.304. The highest BCUT2D eigenvalue weighted by molar-refractivity contribution is 5.85. The van der Waals surface area contributed by atoms with Crippen LogP contribution in [0, 0.1) is 6.92 Å². The van der Waals surface area contributed by atoms with E-state index in [-0.39, 0.29) is 12.4 Å². The lowest BCUT2D eigenvalue weighted by molar-refractivity contribution is 0.616. The van der Waals surface area contributed by atoms with Crippen molar-refractivity contribution in [3.63, 3.8) is 0 Å². The van der Waals surface area contributed by atoms with Crippen molar-refractivity contribution < 1.29 is 0 Å². The van der Waals surface area contributed by atoms with Crippen molar-refractivity contribution >= 4 is 29.9 Å². The Morgan fingerprint density at radius 2 is 1.82 bits per heavy atom. The Bertz CT molecular complexity index is 957. The highest BCUT2D eigenvalue weighted by atomic mass is 35.5. The molecule has 1 unspecified atom stereocenters. The molecule has 28 heavy (non-hydrogen) atoms. The number of nitrogens with one attached hydrogen (secondary N) is 1. The Kier molecular flexibility index (Phi) is 6.20. The molecule has 0 radical (unpaired) electrons. The lowest BCUT2D eigenvalue weighted by Gasteiger charge is -2.36. The largest absolute Gasteiger partial charge is 0.349 e. The van der Waals surface area contributed by atoms with Crippen LogP contribution in [0.4, 0.5) is 17.5 Å². The molecule has 2 aromatic carbocycles. The van der Waals surface area contributed by atoms with Crippen LogP contribution in [0.25, 0.3) is 0 Å². The average Bonchev–Trinajstić information content (AvgIpc) is 2.70. The van der Waals surface area contributed by atoms with Crippen LogP contribution in [-0.4, -0.2) is 16.5 Å². The second kappa shape index (κ2) is 8.61. The van der Waals surface area contributed by atoms with Crippen LogP contribution in [0.1, 0.15) is 42.3 Å². The van der Waals surface area contributed by atoms with Gasteiger partial charge in [0.2, 0.25) is 5.95 Å². The number of aryl methyl sites for hydroxylation is 2. The third-order valence-electron chi connectivity index (χ3n) is 5.41. The molecular weight excluding hydrogens is 368 g/mol. The molecule has 4 nitrogen and oxygen atoms in total. The Balaban J connectivity index is 0.00000225. The molecule has 146 valence electrons. The minimum atomic E-state index is 0. The first-order valence-corrected chi connectivity index (χ1v) is 9.70. The SMILES string of the molecule is CCc1cc(N2CCc3ccccc3C2C)nc(Nc2ccccc2C)n1.Cl. The molecular formula is C23H27ClN4. The second-order valence-corrected chi connectivity index (χ2v) is 7.15. The first-order valence-electron chi connectivity index (χ1n) is 9.70. The highest BCUT2D eigenvalue weighted by Gasteiger charge is 2.25. The predicted octanol–water partition coefficient (Wildman–Crippen LogP) is 5.64. The van der Waals surface area contributed by atoms with Crippen LogP contribution in [0.3, 0.4) is 0 Å². The molecule has 0 spiro atoms. The van der Waals surface area contributed by atoms with Gasteiger partial charge in [-0.25, -0.2) is 4.98 Å². The van der Waals surface area contributed by atoms with Gasteiger partial charge in [-0.2, -0.15) is 4.98 Å². The summed E-state index contributed by atoms with van der Waals surface area (Å²) in [5.41, 5.74) is 6.14. The third kappa shape index (κ3) is 3.97. The summed E-state index contributed by atoms with van der Waals surface area (Å²) in [4.78, 5) is 12.0. The van der Waals surface area contributed by atoms with Crippen LogP contribution in [0.5, 0.6) is 0 Å². The quantitative estimate of drug-likeness (QED) is 0.622. The fourth-order valence-corrected chi connectivity index (χ4v) is 3.79. The van der Waals surface area contributed by atoms with Gasteiger partial charge in [0.1, 0.15) is 5.82 Å². The van der Waals surface area contributed by atoms with Gasteiger partial charge in [-0.3, -0.25) is 0 Å². The van der Waals surface area contributed by atoms with Crippen molar-refractivity contribution in [1.29, 1.82) is 0 Å². The summed E-state index contributed by atoms with van der Waals surface area (Å²) in [7, 11) is 0. The van der Waals surface area contributed by atoms with E-state index >= 15 is 0 Å². The lowest BCUT2D eigenvalue weighted by atomic mass is 9.93. The molecule has 5 heteroatoms. The van der Waals surface area contributed by atoms with Crippen molar-refractivity contribution in [1.82, 2.24) is 9.97 Å². The summed E-state index contributed by atoms with van der Waals surface area (Å²) < 4.78 is 0. The summed E-state index contributed by atoms with van der Waals surface area (Å²) >= 11 is 0. The molecule has 1 N–H and O–H groups in total. The molecule has 0 saturated carbocycles. The molecule has 4 rings (SSSR count). The summed E-state index contributed by atoms with van der Waals surface area (Å²) in [5.74, 6) is 1.67. The van der Waals surface area contributed by atoms with Gasteiger partial charge in [0.15, 0.2) is 0 Å². The number of halogens is 1. The maximum atomic E-state index is 4.87. The van der Waals surface area contributed by atoms with E-state index in [1.807, 2.05) is 12.1 Å². The molecule has 1 atom stereocenters. The number of anilines is 3. The molecule has 1 aliphatic rings. The number of hydrogen-bond acceptors (Lipinski definition) is 4. The molecule has 1 aromatic heterocycles. The Labute approximate surface area is 173 Å². The van der Waals surface area contributed by atoms with Crippen LogP contribution in [-0.2, 0) is 12.8 Å². The van der Waals surface area contributed by atoms with E-state index in [9.17, 15) is 0 Å². The molecule has 2 heterocycles. The minimum Gasteiger partial charge on any atom is -0.349 e. The van der Waals surface area contributed by atoms with Gasteiger partial charge >= 0.3 is 0 Å². The Morgan fingerprint density at radius 1 is 1.07 bits per heavy atom. The molecule has 0 bridgehead atoms. The molecule has 0 amide bonds. The maximum absolute atomic E-state index is 4.87. The molecule has 0 aliphatic carbocycles. The van der Waals surface area contributed by atoms with E-state index in [1.165, 1.54) is 16.7 Å². The smallest absolute Gasteiger partial charge is 0.229 e. The summed E-state index contributed by atoms with van der Waals surface area (Å²) in [5, 5.41) is 3.41. The minimum absolute atomic E-state index is 0. The summed E-state index contributed by atoms with van der Waals surface area (Å²) in [6.07, 6.45) is 1.93. The van der Waals surface area contributed by atoms with Gasteiger partial charge in [-0.05, 0) is 49.4 Å². The first kappa shape index (κ1) is 20.2. The molecule has 3 aromatic rings. The lowest BCUT2D eigenvalue weighted by Crippen LogP contribution is -2.34. The number of aromatic nitrogens is 2. The Morgan fingerprint density at radius 3 is 2.61 bits per heavy atom. The van der Waals surface area contributed by atoms with Gasteiger partial charge < -0.3 is 10.2 Å². The monoisotopic (exact) mass is 394 g/mol. The third-order valence-corrected chi connectivity index (χ3v) is 5.41. The molecule has 0 saturated heterocycles. The second-order valence-electron chi connectivity index (χ2n) is 7.15. The van der Waals surface area contributed by atoms with Crippen molar-refractivity contribution in [2.45, 2.75) is 39.7 Å². The summed E-state index contributed by atoms with van der Waals surface area (Å²) in [6, 6.07) is 19.4. The van der Waals surface area contributed by atoms with E-state index in [1.54, 1.807) is 0 Å². The van der Waals surface area contributed by atoms with Gasteiger partial charge in [0.25, 0.3) is 0 Å². The van der Waals surface area contributed by atoms with Crippen LogP contribution in [0.2, 0.25) is 0 Å². The number of benzene rings is 2. The maximum Gasteiger partial charge on any atom is 0.229 e. The van der Waals surface area contributed by atoms with Gasteiger partial charge in [0.05, 0.1) is 6.04 Å². The van der Waals surface area contributed by atoms with Crippen LogP contribution >= 0.6 is 12.4 Å². The van der Waals surface area contributed by atoms with Crippen LogP contribution in [0.15, 0.2) is 54.6 Å². The number of fused-ring (bicyclic) bond motifs is 1. The normalized spacial score (nSPS) is 15.5. The topological polar surface area (TPSA) is 41.1 Å². The number of para-hydroxylation sites is 1. The first-order chi connectivity index (χ1) is 13.2.